The standard InChI is InChI=1S/C22H24F2N2O5S/c1-31-21(27)14-19(15-5-3-2-4-6-15)25-22(28)16-9-11-26(12-10-16)32(29,30)20-13-17(23)7-8-18(20)24/h2-8,13,16,19H,9-12,14H2,1H3,(H,25,28). The number of benzene rings is 2. The predicted octanol–water partition coefficient (Wildman–Crippen LogP) is 2.79. The maximum atomic E-state index is 14.0. The number of methoxy groups -OCH3 is 1. The van der Waals surface area contributed by atoms with E-state index in [1.54, 1.807) is 24.3 Å². The van der Waals surface area contributed by atoms with Crippen LogP contribution >= 0.6 is 0 Å². The molecule has 1 unspecified atom stereocenters. The Kier molecular flexibility index (Phi) is 7.57. The maximum absolute atomic E-state index is 14.0. The normalized spacial score (nSPS) is 16.3. The first-order valence-electron chi connectivity index (χ1n) is 10.1. The molecule has 0 saturated carbocycles. The van der Waals surface area contributed by atoms with Crippen LogP contribution in [-0.2, 0) is 24.3 Å². The molecule has 1 saturated heterocycles. The molecule has 32 heavy (non-hydrogen) atoms. The summed E-state index contributed by atoms with van der Waals surface area (Å²) in [5, 5.41) is 2.85. The van der Waals surface area contributed by atoms with E-state index in [1.165, 1.54) is 7.11 Å². The van der Waals surface area contributed by atoms with Gasteiger partial charge in [0.25, 0.3) is 0 Å². The Hall–Kier alpha value is -2.85. The van der Waals surface area contributed by atoms with E-state index in [4.69, 9.17) is 4.74 Å². The fourth-order valence-corrected chi connectivity index (χ4v) is 5.20. The van der Waals surface area contributed by atoms with E-state index >= 15 is 0 Å². The van der Waals surface area contributed by atoms with Crippen LogP contribution in [0.4, 0.5) is 8.78 Å². The van der Waals surface area contributed by atoms with Gasteiger partial charge in [0.2, 0.25) is 15.9 Å². The summed E-state index contributed by atoms with van der Waals surface area (Å²) in [6.07, 6.45) is 0.377. The van der Waals surface area contributed by atoms with Crippen LogP contribution in [0.3, 0.4) is 0 Å². The topological polar surface area (TPSA) is 92.8 Å². The number of amides is 1. The number of esters is 1. The largest absolute Gasteiger partial charge is 0.469 e. The number of halogens is 2. The SMILES string of the molecule is COC(=O)CC(NC(=O)C1CCN(S(=O)(=O)c2cc(F)ccc2F)CC1)c1ccccc1. The third-order valence-corrected chi connectivity index (χ3v) is 7.37. The number of carbonyl (C=O) groups excluding carboxylic acids is 2. The van der Waals surface area contributed by atoms with Gasteiger partial charge in [-0.2, -0.15) is 4.31 Å². The van der Waals surface area contributed by atoms with E-state index in [9.17, 15) is 26.8 Å². The summed E-state index contributed by atoms with van der Waals surface area (Å²) in [5.41, 5.74) is 0.743. The lowest BCUT2D eigenvalue weighted by atomic mass is 9.95. The van der Waals surface area contributed by atoms with Crippen LogP contribution in [0, 0.1) is 17.6 Å². The summed E-state index contributed by atoms with van der Waals surface area (Å²) in [6, 6.07) is 10.7. The zero-order valence-electron chi connectivity index (χ0n) is 17.5. The first-order valence-corrected chi connectivity index (χ1v) is 11.5. The van der Waals surface area contributed by atoms with Crippen molar-refractivity contribution in [3.8, 4) is 0 Å². The molecule has 1 amide bonds. The van der Waals surface area contributed by atoms with Crippen LogP contribution in [-0.4, -0.2) is 44.8 Å². The number of hydrogen-bond acceptors (Lipinski definition) is 5. The Morgan fingerprint density at radius 2 is 1.78 bits per heavy atom. The zero-order chi connectivity index (χ0) is 23.3. The molecule has 1 N–H and O–H groups in total. The Bertz CT molecular complexity index is 1070. The number of ether oxygens (including phenoxy) is 1. The van der Waals surface area contributed by atoms with Crippen molar-refractivity contribution in [1.29, 1.82) is 0 Å². The molecule has 0 spiro atoms. The van der Waals surface area contributed by atoms with Crippen molar-refractivity contribution >= 4 is 21.9 Å². The number of carbonyl (C=O) groups is 2. The third kappa shape index (κ3) is 5.49. The van der Waals surface area contributed by atoms with Crippen molar-refractivity contribution in [1.82, 2.24) is 9.62 Å². The van der Waals surface area contributed by atoms with E-state index in [0.717, 1.165) is 22.0 Å². The molecule has 2 aromatic rings. The predicted molar refractivity (Wildman–Crippen MR) is 112 cm³/mol. The van der Waals surface area contributed by atoms with E-state index in [-0.39, 0.29) is 38.3 Å². The first kappa shape index (κ1) is 23.8. The average Bonchev–Trinajstić information content (AvgIpc) is 2.80. The molecule has 172 valence electrons. The molecule has 1 aliphatic rings. The van der Waals surface area contributed by atoms with E-state index in [1.807, 2.05) is 6.07 Å². The van der Waals surface area contributed by atoms with E-state index in [0.29, 0.717) is 6.07 Å². The molecule has 0 radical (unpaired) electrons. The highest BCUT2D eigenvalue weighted by atomic mass is 32.2. The molecule has 0 aromatic heterocycles. The van der Waals surface area contributed by atoms with E-state index in [2.05, 4.69) is 5.32 Å². The van der Waals surface area contributed by atoms with Crippen LogP contribution < -0.4 is 5.32 Å². The third-order valence-electron chi connectivity index (χ3n) is 5.45. The fourth-order valence-electron chi connectivity index (χ4n) is 3.65. The van der Waals surface area contributed by atoms with Gasteiger partial charge in [-0.3, -0.25) is 9.59 Å². The molecule has 1 fully saturated rings. The van der Waals surface area contributed by atoms with Crippen LogP contribution in [0.2, 0.25) is 0 Å². The van der Waals surface area contributed by atoms with Crippen LogP contribution in [0.1, 0.15) is 30.9 Å². The number of rotatable bonds is 7. The molecule has 1 heterocycles. The van der Waals surface area contributed by atoms with Gasteiger partial charge >= 0.3 is 5.97 Å². The highest BCUT2D eigenvalue weighted by Crippen LogP contribution is 2.27. The summed E-state index contributed by atoms with van der Waals surface area (Å²) in [4.78, 5) is 23.9. The van der Waals surface area contributed by atoms with Gasteiger partial charge in [0.15, 0.2) is 0 Å². The van der Waals surface area contributed by atoms with E-state index < -0.39 is 44.5 Å². The zero-order valence-corrected chi connectivity index (χ0v) is 18.3. The minimum Gasteiger partial charge on any atom is -0.469 e. The summed E-state index contributed by atoms with van der Waals surface area (Å²) in [7, 11) is -2.96. The Balaban J connectivity index is 1.66. The number of sulfonamides is 1. The molecule has 7 nitrogen and oxygen atoms in total. The lowest BCUT2D eigenvalue weighted by molar-refractivity contribution is -0.141. The van der Waals surface area contributed by atoms with Crippen molar-refractivity contribution in [2.45, 2.75) is 30.2 Å². The number of piperidine rings is 1. The molecule has 1 atom stereocenters. The van der Waals surface area contributed by atoms with Gasteiger partial charge in [-0.15, -0.1) is 0 Å². The summed E-state index contributed by atoms with van der Waals surface area (Å²) in [5.74, 6) is -3.15. The van der Waals surface area contributed by atoms with Crippen molar-refractivity contribution < 1.29 is 31.5 Å². The van der Waals surface area contributed by atoms with Gasteiger partial charge in [-0.25, -0.2) is 17.2 Å². The summed E-state index contributed by atoms with van der Waals surface area (Å²) in [6.45, 7) is -0.0211. The molecular formula is C22H24F2N2O5S. The van der Waals surface area contributed by atoms with Crippen molar-refractivity contribution in [2.75, 3.05) is 20.2 Å². The maximum Gasteiger partial charge on any atom is 0.307 e. The van der Waals surface area contributed by atoms with Crippen molar-refractivity contribution in [2.24, 2.45) is 5.92 Å². The van der Waals surface area contributed by atoms with Gasteiger partial charge < -0.3 is 10.1 Å². The average molecular weight is 467 g/mol. The number of nitrogens with zero attached hydrogens (tertiary/aromatic N) is 1. The van der Waals surface area contributed by atoms with Crippen molar-refractivity contribution in [3.63, 3.8) is 0 Å². The molecular weight excluding hydrogens is 442 g/mol. The molecule has 3 rings (SSSR count). The highest BCUT2D eigenvalue weighted by molar-refractivity contribution is 7.89. The molecule has 10 heteroatoms. The molecule has 1 aliphatic heterocycles. The lowest BCUT2D eigenvalue weighted by Crippen LogP contribution is -2.44. The number of hydrogen-bond donors (Lipinski definition) is 1. The summed E-state index contributed by atoms with van der Waals surface area (Å²) >= 11 is 0. The van der Waals surface area contributed by atoms with Crippen LogP contribution in [0.25, 0.3) is 0 Å². The molecule has 2 aromatic carbocycles. The van der Waals surface area contributed by atoms with Gasteiger partial charge in [0.05, 0.1) is 19.6 Å². The Morgan fingerprint density at radius 1 is 1.12 bits per heavy atom. The highest BCUT2D eigenvalue weighted by Gasteiger charge is 2.34. The second-order valence-corrected chi connectivity index (χ2v) is 9.41. The second-order valence-electron chi connectivity index (χ2n) is 7.51. The quantitative estimate of drug-likeness (QED) is 0.634. The monoisotopic (exact) mass is 466 g/mol. The van der Waals surface area contributed by atoms with Gasteiger partial charge in [0.1, 0.15) is 16.5 Å². The fraction of sp³-hybridized carbons (Fsp3) is 0.364. The molecule has 0 bridgehead atoms. The number of nitrogens with one attached hydrogen (secondary N) is 1. The van der Waals surface area contributed by atoms with Gasteiger partial charge in [-0.05, 0) is 36.6 Å². The Morgan fingerprint density at radius 3 is 2.41 bits per heavy atom. The van der Waals surface area contributed by atoms with Crippen molar-refractivity contribution in [3.05, 3.63) is 65.7 Å². The van der Waals surface area contributed by atoms with Crippen LogP contribution in [0.15, 0.2) is 53.4 Å². The van der Waals surface area contributed by atoms with Gasteiger partial charge in [0, 0.05) is 19.0 Å². The first-order chi connectivity index (χ1) is 15.2. The Labute approximate surface area is 185 Å². The van der Waals surface area contributed by atoms with Gasteiger partial charge in [-0.1, -0.05) is 30.3 Å². The minimum atomic E-state index is -4.22. The minimum absolute atomic E-state index is 0.0105. The lowest BCUT2D eigenvalue weighted by Gasteiger charge is -2.31. The summed E-state index contributed by atoms with van der Waals surface area (Å²) < 4.78 is 58.7. The molecule has 0 aliphatic carbocycles. The van der Waals surface area contributed by atoms with Crippen LogP contribution in [0.5, 0.6) is 0 Å². The second kappa shape index (κ2) is 10.2. The smallest absolute Gasteiger partial charge is 0.307 e.